The SMILES string of the molecule is C[C@H](N)c1cc2cc(C(F)(F)F)ccc2[nH]1. The Kier molecular flexibility index (Phi) is 2.42. The van der Waals surface area contributed by atoms with Gasteiger partial charge in [0.25, 0.3) is 0 Å². The maximum atomic E-state index is 12.4. The zero-order valence-corrected chi connectivity index (χ0v) is 8.60. The third-order valence-corrected chi connectivity index (χ3v) is 2.46. The second-order valence-electron chi connectivity index (χ2n) is 3.81. The van der Waals surface area contributed by atoms with Gasteiger partial charge in [0.05, 0.1) is 5.56 Å². The fourth-order valence-corrected chi connectivity index (χ4v) is 1.58. The Labute approximate surface area is 90.3 Å². The summed E-state index contributed by atoms with van der Waals surface area (Å²) in [7, 11) is 0. The van der Waals surface area contributed by atoms with Crippen molar-refractivity contribution in [3.63, 3.8) is 0 Å². The number of rotatable bonds is 1. The standard InChI is InChI=1S/C11H11F3N2/c1-6(15)10-5-7-4-8(11(12,13)14)2-3-9(7)16-10/h2-6,16H,15H2,1H3/t6-/m0/s1. The fraction of sp³-hybridized carbons (Fsp3) is 0.273. The van der Waals surface area contributed by atoms with E-state index in [0.29, 0.717) is 10.9 Å². The number of H-pyrrole nitrogens is 1. The number of fused-ring (bicyclic) bond motifs is 1. The van der Waals surface area contributed by atoms with Crippen LogP contribution in [0.4, 0.5) is 13.2 Å². The van der Waals surface area contributed by atoms with Gasteiger partial charge in [-0.2, -0.15) is 13.2 Å². The largest absolute Gasteiger partial charge is 0.416 e. The molecule has 0 amide bonds. The van der Waals surface area contributed by atoms with Crippen LogP contribution < -0.4 is 5.73 Å². The van der Waals surface area contributed by atoms with Crippen LogP contribution in [0.2, 0.25) is 0 Å². The van der Waals surface area contributed by atoms with E-state index in [0.717, 1.165) is 17.8 Å². The first kappa shape index (κ1) is 11.0. The van der Waals surface area contributed by atoms with Gasteiger partial charge >= 0.3 is 6.18 Å². The molecule has 0 bridgehead atoms. The Balaban J connectivity index is 2.54. The smallest absolute Gasteiger partial charge is 0.357 e. The van der Waals surface area contributed by atoms with Crippen LogP contribution in [0.15, 0.2) is 24.3 Å². The molecular formula is C11H11F3N2. The molecule has 2 nitrogen and oxygen atoms in total. The molecule has 2 rings (SSSR count). The number of alkyl halides is 3. The van der Waals surface area contributed by atoms with Gasteiger partial charge in [-0.05, 0) is 31.2 Å². The average Bonchev–Trinajstić information content (AvgIpc) is 2.58. The number of hydrogen-bond donors (Lipinski definition) is 2. The van der Waals surface area contributed by atoms with Crippen molar-refractivity contribution in [2.75, 3.05) is 0 Å². The highest BCUT2D eigenvalue weighted by atomic mass is 19.4. The van der Waals surface area contributed by atoms with Crippen LogP contribution in [0.3, 0.4) is 0 Å². The van der Waals surface area contributed by atoms with Crippen LogP contribution in [0.1, 0.15) is 24.2 Å². The molecule has 1 aromatic carbocycles. The molecule has 1 heterocycles. The van der Waals surface area contributed by atoms with Crippen molar-refractivity contribution in [2.24, 2.45) is 5.73 Å². The summed E-state index contributed by atoms with van der Waals surface area (Å²) in [5.41, 5.74) is 6.40. The molecule has 0 saturated carbocycles. The Morgan fingerprint density at radius 1 is 1.25 bits per heavy atom. The Hall–Kier alpha value is -1.49. The van der Waals surface area contributed by atoms with E-state index in [1.807, 2.05) is 0 Å². The number of aromatic nitrogens is 1. The second kappa shape index (κ2) is 3.52. The zero-order chi connectivity index (χ0) is 11.9. The molecule has 1 aromatic heterocycles. The topological polar surface area (TPSA) is 41.8 Å². The van der Waals surface area contributed by atoms with Gasteiger partial charge in [0, 0.05) is 22.6 Å². The lowest BCUT2D eigenvalue weighted by atomic mass is 10.1. The molecule has 86 valence electrons. The molecule has 0 unspecified atom stereocenters. The Morgan fingerprint density at radius 2 is 1.94 bits per heavy atom. The predicted octanol–water partition coefficient (Wildman–Crippen LogP) is 3.21. The predicted molar refractivity (Wildman–Crippen MR) is 55.9 cm³/mol. The van der Waals surface area contributed by atoms with E-state index in [9.17, 15) is 13.2 Å². The van der Waals surface area contributed by atoms with Crippen molar-refractivity contribution in [3.8, 4) is 0 Å². The van der Waals surface area contributed by atoms with Crippen molar-refractivity contribution >= 4 is 10.9 Å². The summed E-state index contributed by atoms with van der Waals surface area (Å²) in [6.45, 7) is 1.77. The lowest BCUT2D eigenvalue weighted by Crippen LogP contribution is -2.04. The van der Waals surface area contributed by atoms with E-state index in [1.54, 1.807) is 13.0 Å². The van der Waals surface area contributed by atoms with Crippen LogP contribution in [0.25, 0.3) is 10.9 Å². The molecule has 3 N–H and O–H groups in total. The van der Waals surface area contributed by atoms with Gasteiger partial charge in [0.15, 0.2) is 0 Å². The van der Waals surface area contributed by atoms with E-state index < -0.39 is 11.7 Å². The van der Waals surface area contributed by atoms with Crippen LogP contribution in [0.5, 0.6) is 0 Å². The van der Waals surface area contributed by atoms with Crippen molar-refractivity contribution in [2.45, 2.75) is 19.1 Å². The first-order chi connectivity index (χ1) is 7.38. The van der Waals surface area contributed by atoms with Crippen LogP contribution in [-0.4, -0.2) is 4.98 Å². The van der Waals surface area contributed by atoms with Gasteiger partial charge in [-0.1, -0.05) is 0 Å². The van der Waals surface area contributed by atoms with Crippen molar-refractivity contribution in [3.05, 3.63) is 35.5 Å². The second-order valence-corrected chi connectivity index (χ2v) is 3.81. The molecule has 0 radical (unpaired) electrons. The van der Waals surface area contributed by atoms with Gasteiger partial charge in [0.1, 0.15) is 0 Å². The summed E-state index contributed by atoms with van der Waals surface area (Å²) in [5, 5.41) is 0.530. The third-order valence-electron chi connectivity index (χ3n) is 2.46. The number of halogens is 3. The normalized spacial score (nSPS) is 14.3. The summed E-state index contributed by atoms with van der Waals surface area (Å²) >= 11 is 0. The monoisotopic (exact) mass is 228 g/mol. The van der Waals surface area contributed by atoms with E-state index in [4.69, 9.17) is 5.73 Å². The van der Waals surface area contributed by atoms with Gasteiger partial charge < -0.3 is 10.7 Å². The van der Waals surface area contributed by atoms with Gasteiger partial charge in [-0.3, -0.25) is 0 Å². The summed E-state index contributed by atoms with van der Waals surface area (Å²) in [4.78, 5) is 2.98. The highest BCUT2D eigenvalue weighted by Gasteiger charge is 2.30. The zero-order valence-electron chi connectivity index (χ0n) is 8.60. The molecule has 0 spiro atoms. The molecule has 2 aromatic rings. The first-order valence-electron chi connectivity index (χ1n) is 4.83. The Bertz CT molecular complexity index is 511. The van der Waals surface area contributed by atoms with E-state index >= 15 is 0 Å². The van der Waals surface area contributed by atoms with Gasteiger partial charge in [0.2, 0.25) is 0 Å². The maximum Gasteiger partial charge on any atom is 0.416 e. The molecule has 0 aliphatic rings. The van der Waals surface area contributed by atoms with Crippen LogP contribution in [0, 0.1) is 0 Å². The number of nitrogens with one attached hydrogen (secondary N) is 1. The van der Waals surface area contributed by atoms with Crippen molar-refractivity contribution < 1.29 is 13.2 Å². The van der Waals surface area contributed by atoms with Crippen molar-refractivity contribution in [1.29, 1.82) is 0 Å². The minimum atomic E-state index is -4.31. The molecule has 16 heavy (non-hydrogen) atoms. The molecule has 0 aliphatic heterocycles. The number of hydrogen-bond acceptors (Lipinski definition) is 1. The summed E-state index contributed by atoms with van der Waals surface area (Å²) in [5.74, 6) is 0. The van der Waals surface area contributed by atoms with Crippen LogP contribution in [-0.2, 0) is 6.18 Å². The molecule has 1 atom stereocenters. The van der Waals surface area contributed by atoms with Crippen molar-refractivity contribution in [1.82, 2.24) is 4.98 Å². The molecule has 0 saturated heterocycles. The summed E-state index contributed by atoms with van der Waals surface area (Å²) in [6.07, 6.45) is -4.31. The lowest BCUT2D eigenvalue weighted by molar-refractivity contribution is -0.137. The fourth-order valence-electron chi connectivity index (χ4n) is 1.58. The number of aromatic amines is 1. The molecule has 5 heteroatoms. The molecule has 0 fully saturated rings. The van der Waals surface area contributed by atoms with E-state index in [1.165, 1.54) is 6.07 Å². The minimum Gasteiger partial charge on any atom is -0.357 e. The highest BCUT2D eigenvalue weighted by Crippen LogP contribution is 2.31. The molecular weight excluding hydrogens is 217 g/mol. The number of benzene rings is 1. The summed E-state index contributed by atoms with van der Waals surface area (Å²) < 4.78 is 37.3. The quantitative estimate of drug-likeness (QED) is 0.773. The number of nitrogens with two attached hydrogens (primary N) is 1. The van der Waals surface area contributed by atoms with Gasteiger partial charge in [-0.25, -0.2) is 0 Å². The average molecular weight is 228 g/mol. The Morgan fingerprint density at radius 3 is 2.50 bits per heavy atom. The molecule has 0 aliphatic carbocycles. The lowest BCUT2D eigenvalue weighted by Gasteiger charge is -2.05. The van der Waals surface area contributed by atoms with Crippen LogP contribution >= 0.6 is 0 Å². The van der Waals surface area contributed by atoms with E-state index in [-0.39, 0.29) is 6.04 Å². The summed E-state index contributed by atoms with van der Waals surface area (Å²) in [6, 6.07) is 5.03. The maximum absolute atomic E-state index is 12.4. The van der Waals surface area contributed by atoms with Gasteiger partial charge in [-0.15, -0.1) is 0 Å². The first-order valence-corrected chi connectivity index (χ1v) is 4.83. The minimum absolute atomic E-state index is 0.221. The van der Waals surface area contributed by atoms with E-state index in [2.05, 4.69) is 4.98 Å². The third kappa shape index (κ3) is 1.90. The highest BCUT2D eigenvalue weighted by molar-refractivity contribution is 5.81.